The molecule has 0 N–H and O–H groups in total. The normalized spacial score (nSPS) is 10.8. The first kappa shape index (κ1) is 20.7. The van der Waals surface area contributed by atoms with Gasteiger partial charge in [-0.15, -0.1) is 10.2 Å². The minimum Gasteiger partial charge on any atom is -0.493 e. The summed E-state index contributed by atoms with van der Waals surface area (Å²) in [6.07, 6.45) is 1.52. The fourth-order valence-corrected chi connectivity index (χ4v) is 3.49. The molecule has 0 amide bonds. The van der Waals surface area contributed by atoms with Crippen molar-refractivity contribution in [1.29, 1.82) is 0 Å². The number of hydrogen-bond acceptors (Lipinski definition) is 9. The van der Waals surface area contributed by atoms with Crippen molar-refractivity contribution in [2.45, 2.75) is 11.0 Å². The first-order valence-corrected chi connectivity index (χ1v) is 10.1. The SMILES string of the molecule is COc1cc(-c2nnc(SCc3coc(-c4cccc(F)c4)n3)o2)cc(OC)c1OC. The highest BCUT2D eigenvalue weighted by Gasteiger charge is 2.18. The fourth-order valence-electron chi connectivity index (χ4n) is 2.85. The molecule has 0 atom stereocenters. The van der Waals surface area contributed by atoms with Crippen molar-refractivity contribution in [3.63, 3.8) is 0 Å². The summed E-state index contributed by atoms with van der Waals surface area (Å²) < 4.78 is 40.6. The number of thioether (sulfide) groups is 1. The minimum atomic E-state index is -0.350. The maximum absolute atomic E-state index is 13.4. The Hall–Kier alpha value is -3.53. The van der Waals surface area contributed by atoms with E-state index in [0.29, 0.717) is 56.8 Å². The molecule has 10 heteroatoms. The van der Waals surface area contributed by atoms with Crippen LogP contribution in [-0.2, 0) is 5.75 Å². The van der Waals surface area contributed by atoms with Gasteiger partial charge in [-0.3, -0.25) is 0 Å². The van der Waals surface area contributed by atoms with E-state index in [9.17, 15) is 4.39 Å². The summed E-state index contributed by atoms with van der Waals surface area (Å²) in [6.45, 7) is 0. The van der Waals surface area contributed by atoms with Crippen LogP contribution < -0.4 is 14.2 Å². The van der Waals surface area contributed by atoms with Crippen LogP contribution in [0.15, 0.2) is 56.7 Å². The summed E-state index contributed by atoms with van der Waals surface area (Å²) >= 11 is 1.30. The molecule has 0 fully saturated rings. The van der Waals surface area contributed by atoms with Gasteiger partial charge >= 0.3 is 0 Å². The molecule has 2 aromatic carbocycles. The van der Waals surface area contributed by atoms with Crippen LogP contribution in [0.1, 0.15) is 5.69 Å². The lowest BCUT2D eigenvalue weighted by Gasteiger charge is -2.12. The molecule has 4 rings (SSSR count). The van der Waals surface area contributed by atoms with Gasteiger partial charge in [0.15, 0.2) is 11.5 Å². The summed E-state index contributed by atoms with van der Waals surface area (Å²) in [7, 11) is 4.60. The highest BCUT2D eigenvalue weighted by Crippen LogP contribution is 2.41. The van der Waals surface area contributed by atoms with Gasteiger partial charge in [-0.25, -0.2) is 9.37 Å². The second-order valence-corrected chi connectivity index (χ2v) is 7.16. The average molecular weight is 443 g/mol. The van der Waals surface area contributed by atoms with Crippen LogP contribution >= 0.6 is 11.8 Å². The van der Waals surface area contributed by atoms with Crippen LogP contribution in [0.2, 0.25) is 0 Å². The maximum atomic E-state index is 13.4. The first-order chi connectivity index (χ1) is 15.1. The number of methoxy groups -OCH3 is 3. The summed E-state index contributed by atoms with van der Waals surface area (Å²) in [6, 6.07) is 9.52. The Morgan fingerprint density at radius 2 is 1.71 bits per heavy atom. The second-order valence-electron chi connectivity index (χ2n) is 6.23. The molecular formula is C21H18FN3O5S. The zero-order valence-electron chi connectivity index (χ0n) is 16.9. The lowest BCUT2D eigenvalue weighted by atomic mass is 10.2. The van der Waals surface area contributed by atoms with Crippen molar-refractivity contribution in [3.8, 4) is 40.2 Å². The van der Waals surface area contributed by atoms with Gasteiger partial charge < -0.3 is 23.0 Å². The summed E-state index contributed by atoms with van der Waals surface area (Å²) in [5.41, 5.74) is 1.86. The number of oxazole rings is 1. The van der Waals surface area contributed by atoms with E-state index < -0.39 is 0 Å². The number of ether oxygens (including phenoxy) is 3. The molecule has 2 heterocycles. The van der Waals surface area contributed by atoms with E-state index in [1.54, 1.807) is 24.3 Å². The average Bonchev–Trinajstić information content (AvgIpc) is 3.46. The molecule has 0 saturated carbocycles. The van der Waals surface area contributed by atoms with Crippen molar-refractivity contribution in [1.82, 2.24) is 15.2 Å². The third kappa shape index (κ3) is 4.48. The van der Waals surface area contributed by atoms with E-state index in [4.69, 9.17) is 23.0 Å². The molecular weight excluding hydrogens is 425 g/mol. The Morgan fingerprint density at radius 1 is 0.935 bits per heavy atom. The zero-order chi connectivity index (χ0) is 21.8. The van der Waals surface area contributed by atoms with E-state index in [1.807, 2.05) is 0 Å². The van der Waals surface area contributed by atoms with E-state index in [2.05, 4.69) is 15.2 Å². The van der Waals surface area contributed by atoms with Crippen LogP contribution in [0.5, 0.6) is 17.2 Å². The van der Waals surface area contributed by atoms with Gasteiger partial charge in [0.1, 0.15) is 12.1 Å². The first-order valence-electron chi connectivity index (χ1n) is 9.08. The Balaban J connectivity index is 1.48. The van der Waals surface area contributed by atoms with E-state index in [0.717, 1.165) is 0 Å². The van der Waals surface area contributed by atoms with Crippen LogP contribution in [0, 0.1) is 5.82 Å². The molecule has 4 aromatic rings. The molecule has 2 aromatic heterocycles. The van der Waals surface area contributed by atoms with E-state index >= 15 is 0 Å². The molecule has 0 radical (unpaired) electrons. The fraction of sp³-hybridized carbons (Fsp3) is 0.190. The molecule has 0 spiro atoms. The third-order valence-electron chi connectivity index (χ3n) is 4.28. The lowest BCUT2D eigenvalue weighted by Crippen LogP contribution is -1.95. The quantitative estimate of drug-likeness (QED) is 0.354. The number of nitrogens with zero attached hydrogens (tertiary/aromatic N) is 3. The summed E-state index contributed by atoms with van der Waals surface area (Å²) in [5.74, 6) is 2.18. The molecule has 0 aliphatic heterocycles. The van der Waals surface area contributed by atoms with Crippen LogP contribution in [0.4, 0.5) is 4.39 Å². The van der Waals surface area contributed by atoms with Crippen LogP contribution in [-0.4, -0.2) is 36.5 Å². The minimum absolute atomic E-state index is 0.308. The number of halogens is 1. The molecule has 0 bridgehead atoms. The molecule has 0 saturated heterocycles. The number of aromatic nitrogens is 3. The van der Waals surface area contributed by atoms with Gasteiger partial charge in [0, 0.05) is 16.9 Å². The standard InChI is InChI=1S/C21H18FN3O5S/c1-26-16-8-13(9-17(27-2)18(16)28-3)20-24-25-21(30-20)31-11-15-10-29-19(23-15)12-5-4-6-14(22)7-12/h4-10H,11H2,1-3H3. The highest BCUT2D eigenvalue weighted by molar-refractivity contribution is 7.98. The Morgan fingerprint density at radius 3 is 2.39 bits per heavy atom. The molecule has 0 aliphatic rings. The van der Waals surface area contributed by atoms with Crippen LogP contribution in [0.25, 0.3) is 22.9 Å². The molecule has 0 aliphatic carbocycles. The van der Waals surface area contributed by atoms with Crippen LogP contribution in [0.3, 0.4) is 0 Å². The molecule has 31 heavy (non-hydrogen) atoms. The summed E-state index contributed by atoms with van der Waals surface area (Å²) in [4.78, 5) is 4.38. The van der Waals surface area contributed by atoms with Gasteiger partial charge in [-0.2, -0.15) is 0 Å². The third-order valence-corrected chi connectivity index (χ3v) is 5.14. The Bertz CT molecular complexity index is 1170. The predicted octanol–water partition coefficient (Wildman–Crippen LogP) is 4.85. The van der Waals surface area contributed by atoms with Crippen molar-refractivity contribution in [2.24, 2.45) is 0 Å². The Kier molecular flexibility index (Phi) is 6.08. The number of hydrogen-bond donors (Lipinski definition) is 0. The summed E-state index contributed by atoms with van der Waals surface area (Å²) in [5, 5.41) is 8.52. The Labute approximate surface area is 181 Å². The van der Waals surface area contributed by atoms with E-state index in [1.165, 1.54) is 51.5 Å². The zero-order valence-corrected chi connectivity index (χ0v) is 17.7. The molecule has 8 nitrogen and oxygen atoms in total. The number of rotatable bonds is 8. The smallest absolute Gasteiger partial charge is 0.277 e. The van der Waals surface area contributed by atoms with Crippen molar-refractivity contribution in [3.05, 3.63) is 54.2 Å². The predicted molar refractivity (Wildman–Crippen MR) is 111 cm³/mol. The van der Waals surface area contributed by atoms with Gasteiger partial charge in [0.05, 0.1) is 27.0 Å². The van der Waals surface area contributed by atoms with Gasteiger partial charge in [0.2, 0.25) is 17.5 Å². The topological polar surface area (TPSA) is 92.6 Å². The van der Waals surface area contributed by atoms with Crippen molar-refractivity contribution >= 4 is 11.8 Å². The number of benzene rings is 2. The highest BCUT2D eigenvalue weighted by atomic mass is 32.2. The molecule has 160 valence electrons. The van der Waals surface area contributed by atoms with Gasteiger partial charge in [-0.1, -0.05) is 17.8 Å². The van der Waals surface area contributed by atoms with E-state index in [-0.39, 0.29) is 5.82 Å². The van der Waals surface area contributed by atoms with Gasteiger partial charge in [-0.05, 0) is 30.3 Å². The second kappa shape index (κ2) is 9.09. The van der Waals surface area contributed by atoms with Crippen molar-refractivity contribution in [2.75, 3.05) is 21.3 Å². The van der Waals surface area contributed by atoms with Gasteiger partial charge in [0.25, 0.3) is 5.22 Å². The maximum Gasteiger partial charge on any atom is 0.277 e. The monoisotopic (exact) mass is 443 g/mol. The lowest BCUT2D eigenvalue weighted by molar-refractivity contribution is 0.324. The largest absolute Gasteiger partial charge is 0.493 e. The van der Waals surface area contributed by atoms with Crippen molar-refractivity contribution < 1.29 is 27.4 Å². The molecule has 0 unspecified atom stereocenters.